The van der Waals surface area contributed by atoms with Crippen LogP contribution in [0.15, 0.2) is 279 Å². The minimum Gasteiger partial charge on any atom is -0.508 e. The molecule has 1 aliphatic rings. The van der Waals surface area contributed by atoms with Crippen LogP contribution < -0.4 is 21.1 Å². The number of benzene rings is 11. The number of nitrogens with two attached hydrogens (primary N) is 1. The first kappa shape index (κ1) is 96.0. The van der Waals surface area contributed by atoms with Gasteiger partial charge in [-0.1, -0.05) is 216 Å². The normalized spacial score (nSPS) is 11.8. The van der Waals surface area contributed by atoms with Gasteiger partial charge in [0.05, 0.1) is 42.5 Å². The predicted molar refractivity (Wildman–Crippen MR) is 502 cm³/mol. The van der Waals surface area contributed by atoms with Gasteiger partial charge in [-0.05, 0) is 257 Å². The predicted octanol–water partition coefficient (Wildman–Crippen LogP) is 28.4. The number of aromatic nitrogens is 3. The van der Waals surface area contributed by atoms with Gasteiger partial charge in [0, 0.05) is 79.0 Å². The summed E-state index contributed by atoms with van der Waals surface area (Å²) in [5, 5.41) is 45.4. The van der Waals surface area contributed by atoms with Crippen LogP contribution in [0, 0.1) is 12.8 Å². The minimum atomic E-state index is -4.34. The number of pyridine rings is 1. The lowest BCUT2D eigenvalue weighted by molar-refractivity contribution is -0.143. The van der Waals surface area contributed by atoms with Crippen molar-refractivity contribution in [3.8, 4) is 56.8 Å². The summed E-state index contributed by atoms with van der Waals surface area (Å²) in [7, 11) is 1.59. The van der Waals surface area contributed by atoms with E-state index >= 15 is 0 Å². The Morgan fingerprint density at radius 1 is 0.520 bits per heavy atom. The van der Waals surface area contributed by atoms with Gasteiger partial charge in [0.2, 0.25) is 0 Å². The summed E-state index contributed by atoms with van der Waals surface area (Å²) in [6.07, 6.45) is -4.94. The third-order valence-electron chi connectivity index (χ3n) is 21.9. The van der Waals surface area contributed by atoms with E-state index < -0.39 is 23.5 Å². The number of halogens is 7. The fourth-order valence-electron chi connectivity index (χ4n) is 15.1. The molecule has 0 saturated carbocycles. The summed E-state index contributed by atoms with van der Waals surface area (Å²) in [5.74, 6) is 3.62. The van der Waals surface area contributed by atoms with Crippen molar-refractivity contribution < 1.29 is 65.8 Å². The molecule has 14 aromatic rings. The number of aryl methyl sites for hydroxylation is 1. The van der Waals surface area contributed by atoms with Crippen molar-refractivity contribution >= 4 is 62.9 Å². The Balaban J connectivity index is 0.000000167. The van der Waals surface area contributed by atoms with E-state index in [4.69, 9.17) is 31.9 Å². The zero-order valence-corrected chi connectivity index (χ0v) is 74.7. The maximum Gasteiger partial charge on any atom is 0.416 e. The first-order valence-electron chi connectivity index (χ1n) is 42.3. The van der Waals surface area contributed by atoms with Crippen molar-refractivity contribution in [2.75, 3.05) is 30.1 Å². The Labute approximate surface area is 745 Å². The Kier molecular flexibility index (Phi) is 33.0. The lowest BCUT2D eigenvalue weighted by Crippen LogP contribution is -2.19. The number of anilines is 5. The van der Waals surface area contributed by atoms with E-state index in [2.05, 4.69) is 127 Å². The molecule has 0 aliphatic heterocycles. The average molecular weight is 1750 g/mol. The van der Waals surface area contributed by atoms with E-state index in [9.17, 15) is 51.3 Å². The fraction of sp³-hybridized carbons (Fsp3) is 0.255. The number of esters is 1. The zero-order chi connectivity index (χ0) is 92.1. The number of aromatic hydroxyl groups is 4. The number of para-hydroxylation sites is 1. The Morgan fingerprint density at radius 3 is 1.65 bits per heavy atom. The molecule has 14 nitrogen and oxygen atoms in total. The molecule has 8 N–H and O–H groups in total. The summed E-state index contributed by atoms with van der Waals surface area (Å²) < 4.78 is 91.3. The van der Waals surface area contributed by atoms with Gasteiger partial charge in [0.15, 0.2) is 0 Å². The molecular weight excluding hydrogens is 1630 g/mol. The maximum absolute atomic E-state index is 13.5. The van der Waals surface area contributed by atoms with E-state index in [1.54, 1.807) is 78.5 Å². The highest BCUT2D eigenvalue weighted by atomic mass is 35.5. The quantitative estimate of drug-likeness (QED) is 0.0175. The molecule has 1 atom stereocenters. The molecule has 0 bridgehead atoms. The second-order valence-electron chi connectivity index (χ2n) is 33.0. The average Bonchev–Trinajstić information content (AvgIpc) is 1.61. The van der Waals surface area contributed by atoms with Gasteiger partial charge >= 0.3 is 18.3 Å². The van der Waals surface area contributed by atoms with E-state index in [0.29, 0.717) is 86.3 Å². The second-order valence-corrected chi connectivity index (χ2v) is 33.4. The highest BCUT2D eigenvalue weighted by Crippen LogP contribution is 2.44. The summed E-state index contributed by atoms with van der Waals surface area (Å²) >= 11 is 6.01. The lowest BCUT2D eigenvalue weighted by atomic mass is 9.89. The van der Waals surface area contributed by atoms with Crippen molar-refractivity contribution in [2.45, 2.75) is 157 Å². The molecule has 0 amide bonds. The van der Waals surface area contributed by atoms with E-state index in [1.807, 2.05) is 147 Å². The lowest BCUT2D eigenvalue weighted by Gasteiger charge is -2.21. The number of hydrogen-bond donors (Lipinski definition) is 7. The van der Waals surface area contributed by atoms with Gasteiger partial charge in [-0.2, -0.15) is 26.3 Å². The van der Waals surface area contributed by atoms with Crippen LogP contribution >= 0.6 is 11.6 Å². The van der Waals surface area contributed by atoms with Crippen molar-refractivity contribution in [1.82, 2.24) is 14.1 Å². The van der Waals surface area contributed by atoms with Crippen LogP contribution in [0.3, 0.4) is 0 Å². The number of nitrogen functional groups attached to an aromatic ring is 1. The number of phenolic OH excluding ortho intramolecular Hbond substituents is 4. The Hall–Kier alpha value is -13.2. The number of hydrogen-bond acceptors (Lipinski definition) is 12. The van der Waals surface area contributed by atoms with Crippen LogP contribution in [0.1, 0.15) is 196 Å². The number of ether oxygens (including phenoxy) is 2. The first-order chi connectivity index (χ1) is 60.4. The summed E-state index contributed by atoms with van der Waals surface area (Å²) in [4.78, 5) is 30.7. The molecule has 21 heteroatoms. The molecule has 0 spiro atoms. The third kappa shape index (κ3) is 25.3. The maximum atomic E-state index is 13.5. The van der Waals surface area contributed by atoms with E-state index in [1.165, 1.54) is 57.9 Å². The standard InChI is InChI=1S/C30H30ClNO4.C27H25NO.C16H16F3N.C15H15F3N2.C9H13NO.C9H12O2/c1-19(2)27(21-8-6-5-7-9-21)18-36-29(33)17-25-20(3)32(28-15-14-24(35-4)16-26(25)28)30(34)22-10-12-23(31)13-11-22;1-18(2)23-16-21(13-15-27(23)29)28-25-14-12-19-8-6-7-11-22(19)24(25)17-26(28)20-9-4-3-5-10-20;1-11(2)14-8-3-4-9-15(14)20-13-7-5-6-12(10-13)16(17,18)19;1-10(2)13-7-4-8-19-14(13)20-12-6-3-5-11(9-12)15(16,17)18;2*1-6(2)8-5-7(10)3-4-9(8)11/h5-16,19,27H,17-18H2,1-4H3;3-11,13,15-18,29H,12,14H2,1-2H3;3-11,20H,1-2H3;3-10H,1-2H3,(H,19,20);3-6,11H,10H2,1-2H3;3-6,10-11H,1-2H3. The number of rotatable bonds is 19. The van der Waals surface area contributed by atoms with E-state index in [-0.39, 0.29) is 53.5 Å². The van der Waals surface area contributed by atoms with Gasteiger partial charge < -0.3 is 50.8 Å². The summed E-state index contributed by atoms with van der Waals surface area (Å²) in [5.41, 5.74) is 24.1. The van der Waals surface area contributed by atoms with E-state index in [0.717, 1.165) is 92.8 Å². The number of fused-ring (bicyclic) bond motifs is 4. The monoisotopic (exact) mass is 1740 g/mol. The number of carbonyl (C=O) groups is 2. The molecule has 0 saturated heterocycles. The molecule has 0 radical (unpaired) electrons. The number of alkyl halides is 6. The zero-order valence-electron chi connectivity index (χ0n) is 73.9. The largest absolute Gasteiger partial charge is 0.508 e. The van der Waals surface area contributed by atoms with Gasteiger partial charge in [-0.3, -0.25) is 14.2 Å². The molecule has 662 valence electrons. The van der Waals surface area contributed by atoms with Crippen molar-refractivity contribution in [2.24, 2.45) is 5.92 Å². The number of nitrogens with zero attached hydrogens (tertiary/aromatic N) is 3. The SMILES string of the molecule is CC(C)c1cc(-n2c(-c3ccccc3)cc3c2CCc2ccccc2-3)ccc1O.CC(C)c1cc(N)ccc1O.CC(C)c1cc(O)ccc1O.CC(C)c1ccccc1Nc1cccc(C(F)(F)F)c1.CC(C)c1cccnc1Nc1cccc(C(F)(F)F)c1.COc1ccc2c(c1)c(CC(=O)OCC(c1ccccc1)C(C)C)c(C)n2C(=O)c1ccc(Cl)cc1. The van der Waals surface area contributed by atoms with Crippen LogP contribution in [0.4, 0.5) is 54.9 Å². The topological polar surface area (TPSA) is 206 Å². The smallest absolute Gasteiger partial charge is 0.416 e. The van der Waals surface area contributed by atoms with Gasteiger partial charge in [-0.15, -0.1) is 0 Å². The molecule has 0 fully saturated rings. The van der Waals surface area contributed by atoms with Crippen LogP contribution in [-0.2, 0) is 41.1 Å². The van der Waals surface area contributed by atoms with Gasteiger partial charge in [0.25, 0.3) is 5.91 Å². The number of phenols is 4. The number of nitrogens with one attached hydrogen (secondary N) is 2. The second kappa shape index (κ2) is 43.6. The summed E-state index contributed by atoms with van der Waals surface area (Å²) in [6, 6.07) is 81.4. The van der Waals surface area contributed by atoms with Crippen LogP contribution in [0.25, 0.3) is 39.0 Å². The highest BCUT2D eigenvalue weighted by Gasteiger charge is 2.33. The minimum absolute atomic E-state index is 0.0516. The first-order valence-corrected chi connectivity index (χ1v) is 42.7. The Morgan fingerprint density at radius 2 is 1.06 bits per heavy atom. The molecule has 11 aromatic carbocycles. The van der Waals surface area contributed by atoms with Crippen molar-refractivity contribution in [3.63, 3.8) is 0 Å². The number of carbonyl (C=O) groups excluding carboxylic acids is 2. The van der Waals surface area contributed by atoms with Gasteiger partial charge in [-0.25, -0.2) is 4.98 Å². The van der Waals surface area contributed by atoms with Crippen LogP contribution in [-0.4, -0.2) is 60.1 Å². The highest BCUT2D eigenvalue weighted by molar-refractivity contribution is 6.30. The molecule has 1 unspecified atom stereocenters. The molecule has 1 aliphatic carbocycles. The molecular formula is C106H111ClF6N6O8. The fourth-order valence-corrected chi connectivity index (χ4v) is 15.2. The third-order valence-corrected chi connectivity index (χ3v) is 22.1. The molecule has 127 heavy (non-hydrogen) atoms. The summed E-state index contributed by atoms with van der Waals surface area (Å²) in [6.45, 7) is 26.7. The van der Waals surface area contributed by atoms with Crippen LogP contribution in [0.2, 0.25) is 5.02 Å². The molecule has 15 rings (SSSR count). The number of methoxy groups -OCH3 is 1. The van der Waals surface area contributed by atoms with Crippen LogP contribution in [0.5, 0.6) is 28.7 Å². The van der Waals surface area contributed by atoms with Crippen molar-refractivity contribution in [3.05, 3.63) is 357 Å². The van der Waals surface area contributed by atoms with Gasteiger partial charge in [0.1, 0.15) is 34.6 Å². The molecule has 3 heterocycles. The van der Waals surface area contributed by atoms with Crippen molar-refractivity contribution in [1.29, 1.82) is 0 Å². The molecule has 3 aromatic heterocycles. The Bertz CT molecular complexity index is 5860.